The maximum atomic E-state index is 13.3. The number of hydrogen-bond donors (Lipinski definition) is 1. The van der Waals surface area contributed by atoms with Crippen molar-refractivity contribution in [2.45, 2.75) is 26.6 Å². The number of amides is 1. The molecular weight excluding hydrogens is 409 g/mol. The van der Waals surface area contributed by atoms with Crippen LogP contribution in [0.4, 0.5) is 13.2 Å². The van der Waals surface area contributed by atoms with Crippen molar-refractivity contribution in [3.8, 4) is 22.4 Å². The van der Waals surface area contributed by atoms with Crippen LogP contribution in [0.15, 0.2) is 55.2 Å². The molecule has 4 heterocycles. The van der Waals surface area contributed by atoms with Crippen molar-refractivity contribution in [2.75, 3.05) is 0 Å². The Kier molecular flexibility index (Phi) is 4.79. The Hall–Kier alpha value is -3.69. The summed E-state index contributed by atoms with van der Waals surface area (Å²) in [4.78, 5) is 20.3. The van der Waals surface area contributed by atoms with E-state index in [4.69, 9.17) is 5.73 Å². The SMILES string of the molecule is CC(C)(Cn1cc(-c2ccc(C(N)=O)nc2-c2ccn3ccnc3c2)cn1)C(F)(F)F. The number of hydrogen-bond acceptors (Lipinski definition) is 4. The van der Waals surface area contributed by atoms with Gasteiger partial charge >= 0.3 is 6.18 Å². The molecule has 0 unspecified atom stereocenters. The van der Waals surface area contributed by atoms with Crippen LogP contribution in [0.3, 0.4) is 0 Å². The second kappa shape index (κ2) is 7.22. The maximum absolute atomic E-state index is 13.3. The number of alkyl halides is 3. The fourth-order valence-corrected chi connectivity index (χ4v) is 3.19. The van der Waals surface area contributed by atoms with Crippen LogP contribution in [-0.4, -0.2) is 36.2 Å². The van der Waals surface area contributed by atoms with E-state index in [1.54, 1.807) is 30.7 Å². The predicted octanol–water partition coefficient (Wildman–Crippen LogP) is 3.95. The molecular formula is C21H19F3N6O. The van der Waals surface area contributed by atoms with E-state index in [1.165, 1.54) is 23.1 Å². The normalized spacial score (nSPS) is 12.4. The molecule has 0 bridgehead atoms. The highest BCUT2D eigenvalue weighted by atomic mass is 19.4. The smallest absolute Gasteiger partial charge is 0.364 e. The van der Waals surface area contributed by atoms with E-state index in [0.717, 1.165) is 13.8 Å². The summed E-state index contributed by atoms with van der Waals surface area (Å²) >= 11 is 0. The summed E-state index contributed by atoms with van der Waals surface area (Å²) < 4.78 is 42.8. The lowest BCUT2D eigenvalue weighted by Crippen LogP contribution is -2.36. The van der Waals surface area contributed by atoms with E-state index < -0.39 is 17.5 Å². The summed E-state index contributed by atoms with van der Waals surface area (Å²) in [6.45, 7) is 1.92. The fourth-order valence-electron chi connectivity index (χ4n) is 3.19. The molecule has 0 radical (unpaired) electrons. The molecule has 0 aliphatic carbocycles. The van der Waals surface area contributed by atoms with E-state index in [2.05, 4.69) is 15.1 Å². The summed E-state index contributed by atoms with van der Waals surface area (Å²) in [5.74, 6) is -0.683. The van der Waals surface area contributed by atoms with Gasteiger partial charge in [0.25, 0.3) is 5.91 Å². The lowest BCUT2D eigenvalue weighted by Gasteiger charge is -2.27. The van der Waals surface area contributed by atoms with E-state index in [0.29, 0.717) is 28.0 Å². The molecule has 0 aromatic carbocycles. The number of imidazole rings is 1. The second-order valence-corrected chi connectivity index (χ2v) is 7.87. The van der Waals surface area contributed by atoms with Crippen molar-refractivity contribution < 1.29 is 18.0 Å². The average molecular weight is 428 g/mol. The predicted molar refractivity (Wildman–Crippen MR) is 108 cm³/mol. The van der Waals surface area contributed by atoms with Gasteiger partial charge in [-0.25, -0.2) is 9.97 Å². The third-order valence-electron chi connectivity index (χ3n) is 5.09. The number of carbonyl (C=O) groups is 1. The van der Waals surface area contributed by atoms with Crippen LogP contribution in [0.5, 0.6) is 0 Å². The monoisotopic (exact) mass is 428 g/mol. The minimum Gasteiger partial charge on any atom is -0.364 e. The number of carbonyl (C=O) groups excluding carboxylic acids is 1. The molecule has 0 saturated heterocycles. The highest BCUT2D eigenvalue weighted by molar-refractivity contribution is 5.93. The Morgan fingerprint density at radius 1 is 1.13 bits per heavy atom. The Bertz CT molecular complexity index is 1270. The first-order chi connectivity index (χ1) is 14.5. The van der Waals surface area contributed by atoms with E-state index in [-0.39, 0.29) is 12.2 Å². The molecule has 1 amide bonds. The number of primary amides is 1. The quantitative estimate of drug-likeness (QED) is 0.521. The standard InChI is InChI=1S/C21H19F3N6O/c1-20(2,21(22,23)24)12-30-11-14(10-27-30)15-3-4-16(19(25)31)28-18(15)13-5-7-29-8-6-26-17(29)9-13/h3-11H,12H2,1-2H3,(H2,25,31). The van der Waals surface area contributed by atoms with Gasteiger partial charge in [0.2, 0.25) is 0 Å². The van der Waals surface area contributed by atoms with Gasteiger partial charge in [0, 0.05) is 41.5 Å². The van der Waals surface area contributed by atoms with Crippen LogP contribution >= 0.6 is 0 Å². The molecule has 0 aliphatic heterocycles. The van der Waals surface area contributed by atoms with Gasteiger partial charge in [0.05, 0.1) is 23.9 Å². The zero-order chi connectivity index (χ0) is 22.4. The minimum atomic E-state index is -4.37. The number of aromatic nitrogens is 5. The maximum Gasteiger partial charge on any atom is 0.395 e. The summed E-state index contributed by atoms with van der Waals surface area (Å²) in [5.41, 5.74) is 6.52. The molecule has 0 aliphatic rings. The first-order valence-corrected chi connectivity index (χ1v) is 9.39. The van der Waals surface area contributed by atoms with Gasteiger partial charge in [-0.2, -0.15) is 18.3 Å². The molecule has 7 nitrogen and oxygen atoms in total. The molecule has 4 aromatic rings. The van der Waals surface area contributed by atoms with Gasteiger partial charge < -0.3 is 10.1 Å². The number of pyridine rings is 2. The van der Waals surface area contributed by atoms with Crippen LogP contribution in [0, 0.1) is 5.41 Å². The van der Waals surface area contributed by atoms with Gasteiger partial charge in [0.15, 0.2) is 0 Å². The van der Waals surface area contributed by atoms with Gasteiger partial charge in [-0.15, -0.1) is 0 Å². The van der Waals surface area contributed by atoms with Gasteiger partial charge in [-0.1, -0.05) is 0 Å². The number of rotatable bonds is 5. The van der Waals surface area contributed by atoms with Crippen molar-refractivity contribution in [1.82, 2.24) is 24.1 Å². The molecule has 31 heavy (non-hydrogen) atoms. The molecule has 160 valence electrons. The zero-order valence-corrected chi connectivity index (χ0v) is 16.8. The van der Waals surface area contributed by atoms with Crippen molar-refractivity contribution in [3.05, 3.63) is 60.9 Å². The molecule has 0 fully saturated rings. The van der Waals surface area contributed by atoms with Crippen molar-refractivity contribution >= 4 is 11.6 Å². The summed E-state index contributed by atoms with van der Waals surface area (Å²) in [6.07, 6.45) is 3.89. The number of fused-ring (bicyclic) bond motifs is 1. The van der Waals surface area contributed by atoms with Gasteiger partial charge in [-0.05, 0) is 38.1 Å². The van der Waals surface area contributed by atoms with Crippen molar-refractivity contribution in [2.24, 2.45) is 11.1 Å². The molecule has 4 rings (SSSR count). The summed E-state index contributed by atoms with van der Waals surface area (Å²) in [6, 6.07) is 6.75. The lowest BCUT2D eigenvalue weighted by atomic mass is 9.93. The topological polar surface area (TPSA) is 91.1 Å². The van der Waals surface area contributed by atoms with Crippen LogP contribution in [-0.2, 0) is 6.54 Å². The Balaban J connectivity index is 1.78. The number of halogens is 3. The zero-order valence-electron chi connectivity index (χ0n) is 16.8. The third kappa shape index (κ3) is 3.88. The highest BCUT2D eigenvalue weighted by Crippen LogP contribution is 2.39. The van der Waals surface area contributed by atoms with E-state index in [9.17, 15) is 18.0 Å². The lowest BCUT2D eigenvalue weighted by molar-refractivity contribution is -0.216. The van der Waals surface area contributed by atoms with Crippen LogP contribution < -0.4 is 5.73 Å². The summed E-state index contributed by atoms with van der Waals surface area (Å²) in [7, 11) is 0. The van der Waals surface area contributed by atoms with Crippen LogP contribution in [0.1, 0.15) is 24.3 Å². The average Bonchev–Trinajstić information content (AvgIpc) is 3.34. The third-order valence-corrected chi connectivity index (χ3v) is 5.09. The highest BCUT2D eigenvalue weighted by Gasteiger charge is 2.47. The molecule has 0 atom stereocenters. The number of nitrogens with two attached hydrogens (primary N) is 1. The van der Waals surface area contributed by atoms with E-state index >= 15 is 0 Å². The Labute approximate surface area is 175 Å². The van der Waals surface area contributed by atoms with Crippen LogP contribution in [0.25, 0.3) is 28.0 Å². The molecule has 0 saturated carbocycles. The largest absolute Gasteiger partial charge is 0.395 e. The Morgan fingerprint density at radius 3 is 2.61 bits per heavy atom. The van der Waals surface area contributed by atoms with E-state index in [1.807, 2.05) is 10.5 Å². The summed E-state index contributed by atoms with van der Waals surface area (Å²) in [5, 5.41) is 4.11. The first kappa shape index (κ1) is 20.6. The number of nitrogens with zero attached hydrogens (tertiary/aromatic N) is 5. The Morgan fingerprint density at radius 2 is 1.90 bits per heavy atom. The van der Waals surface area contributed by atoms with Gasteiger partial charge in [0.1, 0.15) is 11.3 Å². The van der Waals surface area contributed by atoms with Crippen molar-refractivity contribution in [1.29, 1.82) is 0 Å². The van der Waals surface area contributed by atoms with Crippen LogP contribution in [0.2, 0.25) is 0 Å². The molecule has 4 aromatic heterocycles. The molecule has 0 spiro atoms. The minimum absolute atomic E-state index is 0.0764. The molecule has 2 N–H and O–H groups in total. The van der Waals surface area contributed by atoms with Crippen molar-refractivity contribution in [3.63, 3.8) is 0 Å². The fraction of sp³-hybridized carbons (Fsp3) is 0.238. The second-order valence-electron chi connectivity index (χ2n) is 7.87. The first-order valence-electron chi connectivity index (χ1n) is 9.39. The van der Waals surface area contributed by atoms with Gasteiger partial charge in [-0.3, -0.25) is 9.48 Å². The molecule has 10 heteroatoms.